The Hall–Kier alpha value is -1.40. The number of nitrogens with zero attached hydrogens (tertiary/aromatic N) is 2. The Bertz CT molecular complexity index is 630. The Kier molecular flexibility index (Phi) is 5.45. The highest BCUT2D eigenvalue weighted by atomic mass is 127. The molecule has 1 aliphatic rings. The van der Waals surface area contributed by atoms with E-state index in [1.54, 1.807) is 6.20 Å². The van der Waals surface area contributed by atoms with Gasteiger partial charge >= 0.3 is 0 Å². The summed E-state index contributed by atoms with van der Waals surface area (Å²) in [7, 11) is 0. The molecule has 22 heavy (non-hydrogen) atoms. The largest absolute Gasteiger partial charge is 0.475 e. The van der Waals surface area contributed by atoms with Crippen LogP contribution in [0.3, 0.4) is 0 Å². The summed E-state index contributed by atoms with van der Waals surface area (Å²) in [6.45, 7) is 2.60. The highest BCUT2D eigenvalue weighted by Gasteiger charge is 2.20. The number of hydrogen-bond donors (Lipinski definition) is 0. The van der Waals surface area contributed by atoms with Crippen molar-refractivity contribution in [3.05, 3.63) is 69.9 Å². The number of hydrogen-bond acceptors (Lipinski definition) is 3. The first kappa shape index (κ1) is 15.5. The smallest absolute Gasteiger partial charge is 0.227 e. The fraction of sp³-hybridized carbons (Fsp3) is 0.278. The SMILES string of the molecule is Ic1cccnc1OCC1CC=CCN1Cc1ccccc1. The van der Waals surface area contributed by atoms with Crippen molar-refractivity contribution in [2.75, 3.05) is 13.2 Å². The molecule has 1 aromatic heterocycles. The van der Waals surface area contributed by atoms with E-state index < -0.39 is 0 Å². The molecule has 0 bridgehead atoms. The monoisotopic (exact) mass is 406 g/mol. The predicted octanol–water partition coefficient (Wildman–Crippen LogP) is 3.90. The summed E-state index contributed by atoms with van der Waals surface area (Å²) in [5.41, 5.74) is 1.34. The molecule has 1 unspecified atom stereocenters. The normalized spacial score (nSPS) is 18.3. The lowest BCUT2D eigenvalue weighted by atomic mass is 10.1. The number of pyridine rings is 1. The Morgan fingerprint density at radius 2 is 2.00 bits per heavy atom. The zero-order chi connectivity index (χ0) is 15.2. The second-order valence-electron chi connectivity index (χ2n) is 5.38. The molecule has 0 spiro atoms. The van der Waals surface area contributed by atoms with Crippen LogP contribution in [0.4, 0.5) is 0 Å². The molecule has 1 aromatic carbocycles. The second kappa shape index (κ2) is 7.74. The quantitative estimate of drug-likeness (QED) is 0.557. The molecule has 0 radical (unpaired) electrons. The third kappa shape index (κ3) is 4.08. The van der Waals surface area contributed by atoms with Gasteiger partial charge in [-0.2, -0.15) is 0 Å². The molecule has 0 amide bonds. The van der Waals surface area contributed by atoms with Crippen LogP contribution < -0.4 is 4.74 Å². The zero-order valence-corrected chi connectivity index (χ0v) is 14.5. The first-order valence-corrected chi connectivity index (χ1v) is 8.57. The Labute approximate surface area is 145 Å². The fourth-order valence-electron chi connectivity index (χ4n) is 2.60. The first-order valence-electron chi connectivity index (χ1n) is 7.49. The van der Waals surface area contributed by atoms with Crippen LogP contribution in [0, 0.1) is 3.57 Å². The Morgan fingerprint density at radius 1 is 1.14 bits per heavy atom. The van der Waals surface area contributed by atoms with Crippen molar-refractivity contribution in [2.24, 2.45) is 0 Å². The van der Waals surface area contributed by atoms with Crippen LogP contribution in [-0.4, -0.2) is 29.1 Å². The lowest BCUT2D eigenvalue weighted by Crippen LogP contribution is -2.40. The van der Waals surface area contributed by atoms with Crippen molar-refractivity contribution in [3.8, 4) is 5.88 Å². The summed E-state index contributed by atoms with van der Waals surface area (Å²) in [5, 5.41) is 0. The molecule has 0 N–H and O–H groups in total. The molecule has 0 fully saturated rings. The molecular weight excluding hydrogens is 387 g/mol. The van der Waals surface area contributed by atoms with Crippen LogP contribution in [0.1, 0.15) is 12.0 Å². The van der Waals surface area contributed by atoms with E-state index in [0.29, 0.717) is 12.6 Å². The molecular formula is C18H19IN2O. The zero-order valence-electron chi connectivity index (χ0n) is 12.4. The van der Waals surface area contributed by atoms with Crippen molar-refractivity contribution in [2.45, 2.75) is 19.0 Å². The maximum atomic E-state index is 5.95. The van der Waals surface area contributed by atoms with Crippen molar-refractivity contribution in [1.29, 1.82) is 0 Å². The Morgan fingerprint density at radius 3 is 2.82 bits per heavy atom. The standard InChI is InChI=1S/C18H19IN2O/c19-17-10-6-11-20-18(17)22-14-16-9-4-5-12-21(16)13-15-7-2-1-3-8-15/h1-8,10-11,16H,9,12-14H2. The maximum Gasteiger partial charge on any atom is 0.227 e. The summed E-state index contributed by atoms with van der Waals surface area (Å²) in [6, 6.07) is 14.9. The summed E-state index contributed by atoms with van der Waals surface area (Å²) in [5.74, 6) is 0.734. The topological polar surface area (TPSA) is 25.4 Å². The molecule has 0 saturated carbocycles. The molecule has 2 heterocycles. The minimum atomic E-state index is 0.392. The molecule has 3 nitrogen and oxygen atoms in total. The van der Waals surface area contributed by atoms with E-state index in [1.807, 2.05) is 12.1 Å². The van der Waals surface area contributed by atoms with Crippen molar-refractivity contribution in [3.63, 3.8) is 0 Å². The third-order valence-corrected chi connectivity index (χ3v) is 4.62. The summed E-state index contributed by atoms with van der Waals surface area (Å²) >= 11 is 2.26. The van der Waals surface area contributed by atoms with Gasteiger partial charge in [-0.05, 0) is 46.7 Å². The summed E-state index contributed by atoms with van der Waals surface area (Å²) in [6.07, 6.45) is 7.29. The van der Waals surface area contributed by atoms with Gasteiger partial charge in [0.15, 0.2) is 0 Å². The average molecular weight is 406 g/mol. The van der Waals surface area contributed by atoms with E-state index in [-0.39, 0.29) is 0 Å². The molecule has 3 rings (SSSR count). The number of rotatable bonds is 5. The minimum Gasteiger partial charge on any atom is -0.475 e. The van der Waals surface area contributed by atoms with Gasteiger partial charge in [-0.3, -0.25) is 4.90 Å². The van der Waals surface area contributed by atoms with Crippen molar-refractivity contribution in [1.82, 2.24) is 9.88 Å². The van der Waals surface area contributed by atoms with Crippen molar-refractivity contribution >= 4 is 22.6 Å². The van der Waals surface area contributed by atoms with Gasteiger partial charge in [-0.1, -0.05) is 42.5 Å². The lowest BCUT2D eigenvalue weighted by molar-refractivity contribution is 0.132. The molecule has 0 saturated heterocycles. The fourth-order valence-corrected chi connectivity index (χ4v) is 3.10. The van der Waals surface area contributed by atoms with Gasteiger partial charge in [0.05, 0.1) is 3.57 Å². The van der Waals surface area contributed by atoms with E-state index in [2.05, 4.69) is 75.0 Å². The average Bonchev–Trinajstić information content (AvgIpc) is 2.56. The van der Waals surface area contributed by atoms with E-state index in [0.717, 1.165) is 29.0 Å². The van der Waals surface area contributed by atoms with Gasteiger partial charge in [-0.25, -0.2) is 4.98 Å². The van der Waals surface area contributed by atoms with Gasteiger partial charge in [0.25, 0.3) is 0 Å². The number of ether oxygens (including phenoxy) is 1. The third-order valence-electron chi connectivity index (χ3n) is 3.80. The van der Waals surface area contributed by atoms with Crippen LogP contribution in [0.2, 0.25) is 0 Å². The minimum absolute atomic E-state index is 0.392. The van der Waals surface area contributed by atoms with Gasteiger partial charge in [0.2, 0.25) is 5.88 Å². The van der Waals surface area contributed by atoms with Gasteiger partial charge < -0.3 is 4.74 Å². The molecule has 0 aliphatic carbocycles. The van der Waals surface area contributed by atoms with E-state index in [1.165, 1.54) is 5.56 Å². The van der Waals surface area contributed by atoms with E-state index in [9.17, 15) is 0 Å². The number of halogens is 1. The van der Waals surface area contributed by atoms with Crippen LogP contribution in [0.15, 0.2) is 60.8 Å². The van der Waals surface area contributed by atoms with Crippen LogP contribution in [0.25, 0.3) is 0 Å². The molecule has 1 aliphatic heterocycles. The molecule has 4 heteroatoms. The Balaban J connectivity index is 1.63. The van der Waals surface area contributed by atoms with Crippen LogP contribution in [0.5, 0.6) is 5.88 Å². The van der Waals surface area contributed by atoms with Gasteiger partial charge in [0, 0.05) is 25.3 Å². The number of aromatic nitrogens is 1. The highest BCUT2D eigenvalue weighted by Crippen LogP contribution is 2.20. The second-order valence-corrected chi connectivity index (χ2v) is 6.54. The van der Waals surface area contributed by atoms with E-state index in [4.69, 9.17) is 4.74 Å². The predicted molar refractivity (Wildman–Crippen MR) is 96.8 cm³/mol. The van der Waals surface area contributed by atoms with Crippen LogP contribution in [-0.2, 0) is 6.54 Å². The maximum absolute atomic E-state index is 5.95. The van der Waals surface area contributed by atoms with Crippen molar-refractivity contribution < 1.29 is 4.74 Å². The van der Waals surface area contributed by atoms with Gasteiger partial charge in [-0.15, -0.1) is 0 Å². The molecule has 2 aromatic rings. The molecule has 1 atom stereocenters. The lowest BCUT2D eigenvalue weighted by Gasteiger charge is -2.32. The summed E-state index contributed by atoms with van der Waals surface area (Å²) < 4.78 is 7.01. The van der Waals surface area contributed by atoms with Crippen LogP contribution >= 0.6 is 22.6 Å². The van der Waals surface area contributed by atoms with Gasteiger partial charge in [0.1, 0.15) is 6.61 Å². The highest BCUT2D eigenvalue weighted by molar-refractivity contribution is 14.1. The molecule has 114 valence electrons. The first-order chi connectivity index (χ1) is 10.8. The summed E-state index contributed by atoms with van der Waals surface area (Å²) in [4.78, 5) is 6.77. The van der Waals surface area contributed by atoms with E-state index >= 15 is 0 Å². The number of benzene rings is 1.